The summed E-state index contributed by atoms with van der Waals surface area (Å²) in [4.78, 5) is 7.22. The predicted molar refractivity (Wildman–Crippen MR) is 67.4 cm³/mol. The molecular weight excluding hydrogens is 216 g/mol. The Morgan fingerprint density at radius 1 is 1.29 bits per heavy atom. The van der Waals surface area contributed by atoms with Gasteiger partial charge in [0.25, 0.3) is 0 Å². The van der Waals surface area contributed by atoms with Gasteiger partial charge in [-0.3, -0.25) is 0 Å². The lowest BCUT2D eigenvalue weighted by Crippen LogP contribution is -2.21. The van der Waals surface area contributed by atoms with Crippen molar-refractivity contribution in [3.8, 4) is 11.4 Å². The standard InChI is InChI=1S/C11H12N6/c12-11(13)17-16-7-8-3-1-2-4-9(8)10-14-5-6-15-10/h1-7H,(H,14,15)(H4,12,13,17). The van der Waals surface area contributed by atoms with E-state index >= 15 is 0 Å². The maximum Gasteiger partial charge on any atom is 0.211 e. The van der Waals surface area contributed by atoms with Crippen LogP contribution in [0.15, 0.2) is 46.9 Å². The van der Waals surface area contributed by atoms with E-state index < -0.39 is 0 Å². The maximum absolute atomic E-state index is 5.18. The van der Waals surface area contributed by atoms with E-state index in [2.05, 4.69) is 20.2 Å². The topological polar surface area (TPSA) is 105 Å². The van der Waals surface area contributed by atoms with Crippen molar-refractivity contribution in [2.24, 2.45) is 21.7 Å². The molecular formula is C11H12N6. The third-order valence-electron chi connectivity index (χ3n) is 2.08. The number of H-pyrrole nitrogens is 1. The van der Waals surface area contributed by atoms with Gasteiger partial charge in [0, 0.05) is 23.5 Å². The number of aromatic amines is 1. The van der Waals surface area contributed by atoms with Crippen molar-refractivity contribution in [2.45, 2.75) is 0 Å². The number of guanidine groups is 1. The van der Waals surface area contributed by atoms with Crippen molar-refractivity contribution < 1.29 is 0 Å². The minimum atomic E-state index is -0.0725. The van der Waals surface area contributed by atoms with Crippen molar-refractivity contribution >= 4 is 12.2 Å². The van der Waals surface area contributed by atoms with Gasteiger partial charge < -0.3 is 16.5 Å². The highest BCUT2D eigenvalue weighted by molar-refractivity contribution is 5.89. The normalized spacial score (nSPS) is 10.6. The van der Waals surface area contributed by atoms with Gasteiger partial charge in [-0.15, -0.1) is 5.10 Å². The number of nitrogens with zero attached hydrogens (tertiary/aromatic N) is 3. The molecule has 0 saturated heterocycles. The highest BCUT2D eigenvalue weighted by atomic mass is 15.3. The van der Waals surface area contributed by atoms with Crippen molar-refractivity contribution in [3.63, 3.8) is 0 Å². The number of hydrogen-bond acceptors (Lipinski definition) is 3. The molecule has 0 spiro atoms. The number of rotatable bonds is 3. The molecule has 6 heteroatoms. The minimum absolute atomic E-state index is 0.0725. The van der Waals surface area contributed by atoms with Gasteiger partial charge in [0.2, 0.25) is 5.96 Å². The van der Waals surface area contributed by atoms with Gasteiger partial charge in [-0.05, 0) is 0 Å². The number of imidazole rings is 1. The zero-order valence-electron chi connectivity index (χ0n) is 9.04. The summed E-state index contributed by atoms with van der Waals surface area (Å²) in [6.45, 7) is 0. The van der Waals surface area contributed by atoms with Crippen molar-refractivity contribution in [2.75, 3.05) is 0 Å². The number of nitrogens with two attached hydrogens (primary N) is 2. The average Bonchev–Trinajstić information content (AvgIpc) is 2.82. The highest BCUT2D eigenvalue weighted by Gasteiger charge is 2.03. The molecule has 1 heterocycles. The van der Waals surface area contributed by atoms with Crippen LogP contribution in [0.2, 0.25) is 0 Å². The Bertz CT molecular complexity index is 537. The summed E-state index contributed by atoms with van der Waals surface area (Å²) < 4.78 is 0. The zero-order valence-corrected chi connectivity index (χ0v) is 9.04. The Balaban J connectivity index is 2.35. The third kappa shape index (κ3) is 2.69. The molecule has 6 nitrogen and oxygen atoms in total. The molecule has 0 aliphatic heterocycles. The summed E-state index contributed by atoms with van der Waals surface area (Å²) in [6, 6.07) is 7.68. The van der Waals surface area contributed by atoms with Gasteiger partial charge in [0.15, 0.2) is 0 Å². The highest BCUT2D eigenvalue weighted by Crippen LogP contribution is 2.17. The van der Waals surface area contributed by atoms with Crippen LogP contribution >= 0.6 is 0 Å². The number of nitrogens with one attached hydrogen (secondary N) is 1. The van der Waals surface area contributed by atoms with Gasteiger partial charge in [0.1, 0.15) is 5.82 Å². The van der Waals surface area contributed by atoms with E-state index in [-0.39, 0.29) is 5.96 Å². The van der Waals surface area contributed by atoms with Gasteiger partial charge in [-0.1, -0.05) is 24.3 Å². The van der Waals surface area contributed by atoms with Crippen LogP contribution in [0.5, 0.6) is 0 Å². The average molecular weight is 228 g/mol. The molecule has 1 aromatic carbocycles. The number of benzene rings is 1. The fourth-order valence-electron chi connectivity index (χ4n) is 1.40. The lowest BCUT2D eigenvalue weighted by Gasteiger charge is -2.00. The first-order valence-corrected chi connectivity index (χ1v) is 4.98. The van der Waals surface area contributed by atoms with Crippen LogP contribution in [0.3, 0.4) is 0 Å². The SMILES string of the molecule is NC(N)=NN=Cc1ccccc1-c1ncc[nH]1. The van der Waals surface area contributed by atoms with E-state index in [0.717, 1.165) is 17.0 Å². The van der Waals surface area contributed by atoms with Crippen LogP contribution in [-0.4, -0.2) is 22.1 Å². The molecule has 0 saturated carbocycles. The van der Waals surface area contributed by atoms with Gasteiger partial charge in [-0.25, -0.2) is 4.98 Å². The van der Waals surface area contributed by atoms with Crippen LogP contribution < -0.4 is 11.5 Å². The smallest absolute Gasteiger partial charge is 0.211 e. The molecule has 1 aromatic heterocycles. The molecule has 0 unspecified atom stereocenters. The fourth-order valence-corrected chi connectivity index (χ4v) is 1.40. The molecule has 2 aromatic rings. The molecule has 0 bridgehead atoms. The summed E-state index contributed by atoms with van der Waals surface area (Å²) in [6.07, 6.45) is 5.04. The first-order chi connectivity index (χ1) is 8.27. The molecule has 2 rings (SSSR count). The first kappa shape index (κ1) is 10.9. The molecule has 0 fully saturated rings. The molecule has 5 N–H and O–H groups in total. The molecule has 0 radical (unpaired) electrons. The second kappa shape index (κ2) is 4.93. The fraction of sp³-hybridized carbons (Fsp3) is 0. The number of hydrogen-bond donors (Lipinski definition) is 3. The van der Waals surface area contributed by atoms with Crippen LogP contribution in [0, 0.1) is 0 Å². The van der Waals surface area contributed by atoms with E-state index in [9.17, 15) is 0 Å². The molecule has 0 amide bonds. The van der Waals surface area contributed by atoms with E-state index in [0.29, 0.717) is 0 Å². The summed E-state index contributed by atoms with van der Waals surface area (Å²) in [5.41, 5.74) is 12.2. The first-order valence-electron chi connectivity index (χ1n) is 4.98. The Kier molecular flexibility index (Phi) is 3.15. The Morgan fingerprint density at radius 2 is 2.12 bits per heavy atom. The zero-order chi connectivity index (χ0) is 12.1. The predicted octanol–water partition coefficient (Wildman–Crippen LogP) is 0.684. The lowest BCUT2D eigenvalue weighted by molar-refractivity contribution is 1.21. The van der Waals surface area contributed by atoms with Gasteiger partial charge >= 0.3 is 0 Å². The number of aromatic nitrogens is 2. The van der Waals surface area contributed by atoms with Crippen molar-refractivity contribution in [1.29, 1.82) is 0 Å². The van der Waals surface area contributed by atoms with E-state index in [4.69, 9.17) is 11.5 Å². The summed E-state index contributed by atoms with van der Waals surface area (Å²) in [5, 5.41) is 7.34. The third-order valence-corrected chi connectivity index (χ3v) is 2.08. The molecule has 0 atom stereocenters. The van der Waals surface area contributed by atoms with Crippen molar-refractivity contribution in [3.05, 3.63) is 42.2 Å². The maximum atomic E-state index is 5.18. The van der Waals surface area contributed by atoms with Crippen LogP contribution in [-0.2, 0) is 0 Å². The molecule has 86 valence electrons. The van der Waals surface area contributed by atoms with Crippen LogP contribution in [0.4, 0.5) is 0 Å². The molecule has 17 heavy (non-hydrogen) atoms. The summed E-state index contributed by atoms with van der Waals surface area (Å²) in [7, 11) is 0. The van der Waals surface area contributed by atoms with Crippen LogP contribution in [0.1, 0.15) is 5.56 Å². The second-order valence-corrected chi connectivity index (χ2v) is 3.29. The van der Waals surface area contributed by atoms with Gasteiger partial charge in [-0.2, -0.15) is 5.10 Å². The van der Waals surface area contributed by atoms with Crippen molar-refractivity contribution in [1.82, 2.24) is 9.97 Å². The summed E-state index contributed by atoms with van der Waals surface area (Å²) >= 11 is 0. The minimum Gasteiger partial charge on any atom is -0.369 e. The van der Waals surface area contributed by atoms with E-state index in [1.54, 1.807) is 18.6 Å². The lowest BCUT2D eigenvalue weighted by atomic mass is 10.1. The van der Waals surface area contributed by atoms with E-state index in [1.807, 2.05) is 24.3 Å². The molecule has 0 aliphatic rings. The second-order valence-electron chi connectivity index (χ2n) is 3.29. The Morgan fingerprint density at radius 3 is 2.82 bits per heavy atom. The monoisotopic (exact) mass is 228 g/mol. The Hall–Kier alpha value is -2.63. The quantitative estimate of drug-likeness (QED) is 0.408. The Labute approximate surface area is 98.1 Å². The van der Waals surface area contributed by atoms with Gasteiger partial charge in [0.05, 0.1) is 6.21 Å². The summed E-state index contributed by atoms with van der Waals surface area (Å²) in [5.74, 6) is 0.702. The van der Waals surface area contributed by atoms with E-state index in [1.165, 1.54) is 0 Å². The van der Waals surface area contributed by atoms with Crippen LogP contribution in [0.25, 0.3) is 11.4 Å². The largest absolute Gasteiger partial charge is 0.369 e. The molecule has 0 aliphatic carbocycles.